The van der Waals surface area contributed by atoms with Crippen LogP contribution in [0.5, 0.6) is 0 Å². The van der Waals surface area contributed by atoms with Crippen LogP contribution in [0.1, 0.15) is 66.3 Å². The number of likely N-dealkylation sites (tertiary alicyclic amines) is 1. The van der Waals surface area contributed by atoms with Gasteiger partial charge >= 0.3 is 0 Å². The number of sulfonamides is 1. The van der Waals surface area contributed by atoms with E-state index in [1.807, 2.05) is 30.3 Å². The average molecular weight is 487 g/mol. The van der Waals surface area contributed by atoms with Crippen molar-refractivity contribution in [2.24, 2.45) is 0 Å². The molecule has 0 unspecified atom stereocenters. The number of carbonyl (C=O) groups is 1. The summed E-state index contributed by atoms with van der Waals surface area (Å²) in [5, 5.41) is 7.03. The van der Waals surface area contributed by atoms with Gasteiger partial charge in [-0.3, -0.25) is 4.79 Å². The van der Waals surface area contributed by atoms with Crippen LogP contribution in [0.2, 0.25) is 0 Å². The van der Waals surface area contributed by atoms with E-state index in [9.17, 15) is 13.2 Å². The Kier molecular flexibility index (Phi) is 7.04. The summed E-state index contributed by atoms with van der Waals surface area (Å²) < 4.78 is 33.7. The van der Waals surface area contributed by atoms with Crippen molar-refractivity contribution in [1.82, 2.24) is 19.7 Å². The highest BCUT2D eigenvalue weighted by Gasteiger charge is 2.37. The minimum atomic E-state index is -3.39. The van der Waals surface area contributed by atoms with Gasteiger partial charge in [0.05, 0.1) is 5.75 Å². The fraction of sp³-hybridized carbons (Fsp3) is 0.600. The third kappa shape index (κ3) is 5.70. The topological polar surface area (TPSA) is 95.8 Å². The van der Waals surface area contributed by atoms with Crippen LogP contribution in [0.3, 0.4) is 0 Å². The van der Waals surface area contributed by atoms with Crippen molar-refractivity contribution in [2.75, 3.05) is 31.9 Å². The lowest BCUT2D eigenvalue weighted by atomic mass is 9.94. The number of nitrogens with zero attached hydrogens (tertiary/aromatic N) is 3. The number of hydrogen-bond donors (Lipinski definition) is 1. The van der Waals surface area contributed by atoms with Gasteiger partial charge in [0.25, 0.3) is 5.91 Å². The van der Waals surface area contributed by atoms with E-state index in [-0.39, 0.29) is 23.7 Å². The predicted molar refractivity (Wildman–Crippen MR) is 129 cm³/mol. The minimum absolute atomic E-state index is 0.104. The molecule has 0 spiro atoms. The van der Waals surface area contributed by atoms with Crippen molar-refractivity contribution in [3.63, 3.8) is 0 Å². The molecule has 2 atom stereocenters. The SMILES string of the molecule is O=C(N[C@@H]1CCN(S(=O)(=O)CCN2CCCC2)[C@H](Cc2ccccc2)C1)c1cc(C2CC2)on1. The summed E-state index contributed by atoms with van der Waals surface area (Å²) in [5.74, 6) is 1.09. The van der Waals surface area contributed by atoms with E-state index in [1.165, 1.54) is 0 Å². The number of carbonyl (C=O) groups excluding carboxylic acids is 1. The fourth-order valence-corrected chi connectivity index (χ4v) is 6.90. The summed E-state index contributed by atoms with van der Waals surface area (Å²) in [6, 6.07) is 11.4. The molecular weight excluding hydrogens is 452 g/mol. The normalized spacial score (nSPS) is 24.4. The zero-order valence-corrected chi connectivity index (χ0v) is 20.4. The molecule has 2 saturated heterocycles. The quantitative estimate of drug-likeness (QED) is 0.586. The number of benzene rings is 1. The average Bonchev–Trinajstić information content (AvgIpc) is 3.32. The fourth-order valence-electron chi connectivity index (χ4n) is 5.18. The minimum Gasteiger partial charge on any atom is -0.360 e. The second kappa shape index (κ2) is 10.2. The van der Waals surface area contributed by atoms with Crippen LogP contribution in [0, 0.1) is 0 Å². The first-order valence-corrected chi connectivity index (χ1v) is 14.1. The maximum atomic E-state index is 13.4. The molecule has 184 valence electrons. The van der Waals surface area contributed by atoms with Crippen molar-refractivity contribution in [2.45, 2.75) is 62.9 Å². The molecule has 1 amide bonds. The van der Waals surface area contributed by atoms with E-state index < -0.39 is 10.0 Å². The molecule has 3 aliphatic rings. The van der Waals surface area contributed by atoms with Gasteiger partial charge in [-0.1, -0.05) is 35.5 Å². The van der Waals surface area contributed by atoms with Crippen molar-refractivity contribution in [3.8, 4) is 0 Å². The highest BCUT2D eigenvalue weighted by molar-refractivity contribution is 7.89. The smallest absolute Gasteiger partial charge is 0.273 e. The summed E-state index contributed by atoms with van der Waals surface area (Å²) in [6.07, 6.45) is 6.27. The van der Waals surface area contributed by atoms with Gasteiger partial charge in [-0.2, -0.15) is 4.31 Å². The van der Waals surface area contributed by atoms with Gasteiger partial charge < -0.3 is 14.7 Å². The monoisotopic (exact) mass is 486 g/mol. The molecule has 3 heterocycles. The lowest BCUT2D eigenvalue weighted by Gasteiger charge is -2.39. The molecular formula is C25H34N4O4S. The third-order valence-corrected chi connectivity index (χ3v) is 9.17. The van der Waals surface area contributed by atoms with Crippen LogP contribution in [0.15, 0.2) is 40.9 Å². The van der Waals surface area contributed by atoms with Crippen LogP contribution >= 0.6 is 0 Å². The highest BCUT2D eigenvalue weighted by Crippen LogP contribution is 2.40. The molecule has 9 heteroatoms. The summed E-state index contributed by atoms with van der Waals surface area (Å²) >= 11 is 0. The number of amides is 1. The van der Waals surface area contributed by atoms with Crippen LogP contribution in [-0.4, -0.2) is 72.7 Å². The van der Waals surface area contributed by atoms with E-state index in [0.29, 0.717) is 44.0 Å². The van der Waals surface area contributed by atoms with Gasteiger partial charge in [-0.05, 0) is 63.6 Å². The molecule has 1 aromatic carbocycles. The van der Waals surface area contributed by atoms with Crippen LogP contribution in [0.4, 0.5) is 0 Å². The van der Waals surface area contributed by atoms with E-state index in [1.54, 1.807) is 10.4 Å². The Labute approximate surface area is 201 Å². The molecule has 8 nitrogen and oxygen atoms in total. The third-order valence-electron chi connectivity index (χ3n) is 7.27. The summed E-state index contributed by atoms with van der Waals surface area (Å²) in [6.45, 7) is 2.98. The zero-order chi connectivity index (χ0) is 23.5. The number of nitrogens with one attached hydrogen (secondary N) is 1. The van der Waals surface area contributed by atoms with Crippen LogP contribution in [-0.2, 0) is 16.4 Å². The van der Waals surface area contributed by atoms with Gasteiger partial charge in [0.2, 0.25) is 10.0 Å². The number of piperidine rings is 1. The largest absolute Gasteiger partial charge is 0.360 e. The first kappa shape index (κ1) is 23.5. The maximum Gasteiger partial charge on any atom is 0.273 e. The molecule has 3 fully saturated rings. The summed E-state index contributed by atoms with van der Waals surface area (Å²) in [4.78, 5) is 15.0. The standard InChI is InChI=1S/C25H34N4O4S/c30-25(23-18-24(33-27-23)20-8-9-20)26-21-10-13-29(22(17-21)16-19-6-2-1-3-7-19)34(31,32)15-14-28-11-4-5-12-28/h1-3,6-7,18,20-22H,4-5,8-17H2,(H,26,30)/t21-,22-/m1/s1. The first-order chi connectivity index (χ1) is 16.5. The Morgan fingerprint density at radius 3 is 2.59 bits per heavy atom. The zero-order valence-electron chi connectivity index (χ0n) is 19.6. The second-order valence-electron chi connectivity index (χ2n) is 9.90. The maximum absolute atomic E-state index is 13.4. The molecule has 1 aromatic heterocycles. The number of aromatic nitrogens is 1. The predicted octanol–water partition coefficient (Wildman–Crippen LogP) is 2.78. The van der Waals surface area contributed by atoms with E-state index in [0.717, 1.165) is 50.1 Å². The first-order valence-electron chi connectivity index (χ1n) is 12.5. The summed E-state index contributed by atoms with van der Waals surface area (Å²) in [5.41, 5.74) is 1.41. The lowest BCUT2D eigenvalue weighted by molar-refractivity contribution is 0.0902. The van der Waals surface area contributed by atoms with Gasteiger partial charge in [0.15, 0.2) is 5.69 Å². The molecule has 34 heavy (non-hydrogen) atoms. The van der Waals surface area contributed by atoms with Gasteiger partial charge in [-0.15, -0.1) is 0 Å². The molecule has 2 aromatic rings. The van der Waals surface area contributed by atoms with Crippen LogP contribution in [0.25, 0.3) is 0 Å². The Hall–Kier alpha value is -2.23. The number of rotatable bonds is 9. The molecule has 1 saturated carbocycles. The van der Waals surface area contributed by atoms with Crippen molar-refractivity contribution >= 4 is 15.9 Å². The lowest BCUT2D eigenvalue weighted by Crippen LogP contribution is -2.53. The molecule has 1 aliphatic carbocycles. The van der Waals surface area contributed by atoms with Gasteiger partial charge in [-0.25, -0.2) is 8.42 Å². The Morgan fingerprint density at radius 2 is 1.85 bits per heavy atom. The van der Waals surface area contributed by atoms with Crippen molar-refractivity contribution in [3.05, 3.63) is 53.4 Å². The van der Waals surface area contributed by atoms with E-state index in [4.69, 9.17) is 4.52 Å². The second-order valence-corrected chi connectivity index (χ2v) is 11.9. The number of hydrogen-bond acceptors (Lipinski definition) is 6. The van der Waals surface area contributed by atoms with E-state index in [2.05, 4.69) is 15.4 Å². The van der Waals surface area contributed by atoms with Gasteiger partial charge in [0, 0.05) is 37.2 Å². The van der Waals surface area contributed by atoms with Gasteiger partial charge in [0.1, 0.15) is 5.76 Å². The molecule has 5 rings (SSSR count). The highest BCUT2D eigenvalue weighted by atomic mass is 32.2. The molecule has 0 radical (unpaired) electrons. The molecule has 2 aliphatic heterocycles. The Bertz CT molecular complexity index is 1080. The summed E-state index contributed by atoms with van der Waals surface area (Å²) in [7, 11) is -3.39. The van der Waals surface area contributed by atoms with Crippen molar-refractivity contribution < 1.29 is 17.7 Å². The van der Waals surface area contributed by atoms with Crippen molar-refractivity contribution in [1.29, 1.82) is 0 Å². The molecule has 1 N–H and O–H groups in total. The van der Waals surface area contributed by atoms with E-state index >= 15 is 0 Å². The van der Waals surface area contributed by atoms with Crippen LogP contribution < -0.4 is 5.32 Å². The molecule has 0 bridgehead atoms. The Morgan fingerprint density at radius 1 is 1.09 bits per heavy atom. The Balaban J connectivity index is 1.26.